The predicted octanol–water partition coefficient (Wildman–Crippen LogP) is 3.95. The van der Waals surface area contributed by atoms with E-state index in [0.29, 0.717) is 16.7 Å². The van der Waals surface area contributed by atoms with Crippen molar-refractivity contribution in [3.63, 3.8) is 0 Å². The highest BCUT2D eigenvalue weighted by Gasteiger charge is 2.26. The average molecular weight is 380 g/mol. The van der Waals surface area contributed by atoms with E-state index in [4.69, 9.17) is 0 Å². The molecule has 1 aliphatic heterocycles. The van der Waals surface area contributed by atoms with Crippen LogP contribution in [0.15, 0.2) is 79.0 Å². The van der Waals surface area contributed by atoms with Crippen LogP contribution in [-0.2, 0) is 4.79 Å². The lowest BCUT2D eigenvalue weighted by atomic mass is 9.95. The largest absolute Gasteiger partial charge is 0.360 e. The van der Waals surface area contributed by atoms with E-state index in [1.165, 1.54) is 0 Å². The molecule has 3 N–H and O–H groups in total. The molecule has 0 fully saturated rings. The summed E-state index contributed by atoms with van der Waals surface area (Å²) in [5.74, 6) is -0.0794. The van der Waals surface area contributed by atoms with Crippen molar-refractivity contribution in [2.24, 2.45) is 0 Å². The average Bonchev–Trinajstić information content (AvgIpc) is 3.18. The smallest absolute Gasteiger partial charge is 0.260 e. The van der Waals surface area contributed by atoms with E-state index in [-0.39, 0.29) is 5.91 Å². The summed E-state index contributed by atoms with van der Waals surface area (Å²) < 4.78 is 0. The maximum atomic E-state index is 12.4. The molecule has 0 spiro atoms. The van der Waals surface area contributed by atoms with Crippen LogP contribution in [0.4, 0.5) is 5.69 Å². The zero-order valence-corrected chi connectivity index (χ0v) is 15.3. The van der Waals surface area contributed by atoms with E-state index in [1.807, 2.05) is 48.5 Å². The molecule has 6 nitrogen and oxygen atoms in total. The summed E-state index contributed by atoms with van der Waals surface area (Å²) in [6.07, 6.45) is 1.63. The molecule has 6 heteroatoms. The molecule has 0 saturated carbocycles. The van der Waals surface area contributed by atoms with E-state index in [2.05, 4.69) is 20.6 Å². The quantitative estimate of drug-likeness (QED) is 0.371. The summed E-state index contributed by atoms with van der Waals surface area (Å²) in [6.45, 7) is 0. The number of carbonyl (C=O) groups excluding carboxylic acids is 2. The summed E-state index contributed by atoms with van der Waals surface area (Å²) in [5, 5.41) is 5.60. The number of anilines is 1. The number of imidazole rings is 1. The van der Waals surface area contributed by atoms with Gasteiger partial charge in [0.2, 0.25) is 0 Å². The first-order valence-electron chi connectivity index (χ1n) is 9.16. The zero-order chi connectivity index (χ0) is 19.8. The Morgan fingerprint density at radius 3 is 2.28 bits per heavy atom. The Hall–Kier alpha value is -4.19. The minimum Gasteiger partial charge on any atom is -0.360 e. The van der Waals surface area contributed by atoms with Crippen molar-refractivity contribution in [3.8, 4) is 11.4 Å². The molecular weight excluding hydrogens is 364 g/mol. The van der Waals surface area contributed by atoms with Gasteiger partial charge >= 0.3 is 0 Å². The zero-order valence-electron chi connectivity index (χ0n) is 15.3. The number of H-pyrrole nitrogens is 1. The molecule has 29 heavy (non-hydrogen) atoms. The maximum Gasteiger partial charge on any atom is 0.260 e. The van der Waals surface area contributed by atoms with Gasteiger partial charge in [0, 0.05) is 28.6 Å². The van der Waals surface area contributed by atoms with Crippen molar-refractivity contribution < 1.29 is 9.59 Å². The third-order valence-corrected chi connectivity index (χ3v) is 4.88. The monoisotopic (exact) mass is 380 g/mol. The van der Waals surface area contributed by atoms with Crippen LogP contribution in [-0.4, -0.2) is 21.8 Å². The Bertz CT molecular complexity index is 1270. The van der Waals surface area contributed by atoms with Gasteiger partial charge in [0.1, 0.15) is 5.82 Å². The van der Waals surface area contributed by atoms with Gasteiger partial charge in [-0.25, -0.2) is 4.98 Å². The fourth-order valence-electron chi connectivity index (χ4n) is 3.47. The fraction of sp³-hybridized carbons (Fsp3) is 0. The fourth-order valence-corrected chi connectivity index (χ4v) is 3.47. The highest BCUT2D eigenvalue weighted by molar-refractivity contribution is 6.31. The molecule has 0 radical (unpaired) electrons. The highest BCUT2D eigenvalue weighted by atomic mass is 16.2. The summed E-state index contributed by atoms with van der Waals surface area (Å²) >= 11 is 0. The topological polar surface area (TPSA) is 86.9 Å². The number of hydrogen-bond donors (Lipinski definition) is 3. The van der Waals surface area contributed by atoms with E-state index in [1.54, 1.807) is 30.5 Å². The molecule has 1 aliphatic rings. The van der Waals surface area contributed by atoms with Gasteiger partial charge in [-0.2, -0.15) is 0 Å². The number of fused-ring (bicyclic) bond motifs is 2. The van der Waals surface area contributed by atoms with Gasteiger partial charge < -0.3 is 10.3 Å². The minimum atomic E-state index is -0.428. The molecule has 5 rings (SSSR count). The molecule has 4 aromatic rings. The first kappa shape index (κ1) is 16.9. The van der Waals surface area contributed by atoms with Crippen LogP contribution in [0.2, 0.25) is 0 Å². The van der Waals surface area contributed by atoms with E-state index in [9.17, 15) is 9.59 Å². The maximum absolute atomic E-state index is 12.4. The molecule has 2 amide bonds. The molecule has 1 aromatic heterocycles. The van der Waals surface area contributed by atoms with Crippen molar-refractivity contribution >= 4 is 34.1 Å². The second-order valence-corrected chi connectivity index (χ2v) is 6.68. The SMILES string of the molecule is O=C1NC(=O)c2ccccc2C1=CNc1ccccc1-c1nc2ccccc2[nH]1. The number of nitrogens with one attached hydrogen (secondary N) is 3. The van der Waals surface area contributed by atoms with Crippen LogP contribution < -0.4 is 10.6 Å². The minimum absolute atomic E-state index is 0.384. The number of amides is 2. The molecule has 3 aromatic carbocycles. The van der Waals surface area contributed by atoms with Crippen molar-refractivity contribution in [1.29, 1.82) is 0 Å². The molecule has 0 bridgehead atoms. The lowest BCUT2D eigenvalue weighted by Gasteiger charge is -2.18. The third kappa shape index (κ3) is 2.96. The van der Waals surface area contributed by atoms with Crippen LogP contribution in [0.25, 0.3) is 28.0 Å². The first-order valence-corrected chi connectivity index (χ1v) is 9.16. The Balaban J connectivity index is 1.54. The third-order valence-electron chi connectivity index (χ3n) is 4.88. The van der Waals surface area contributed by atoms with Gasteiger partial charge in [0.15, 0.2) is 0 Å². The summed E-state index contributed by atoms with van der Waals surface area (Å²) in [4.78, 5) is 32.4. The molecule has 0 saturated heterocycles. The number of aromatic amines is 1. The lowest BCUT2D eigenvalue weighted by Crippen LogP contribution is -2.36. The number of carbonyl (C=O) groups is 2. The van der Waals surface area contributed by atoms with Gasteiger partial charge in [-0.05, 0) is 30.3 Å². The van der Waals surface area contributed by atoms with Crippen LogP contribution >= 0.6 is 0 Å². The first-order chi connectivity index (χ1) is 14.2. The second-order valence-electron chi connectivity index (χ2n) is 6.68. The van der Waals surface area contributed by atoms with Crippen molar-refractivity contribution in [3.05, 3.63) is 90.1 Å². The molecule has 140 valence electrons. The van der Waals surface area contributed by atoms with E-state index < -0.39 is 5.91 Å². The second kappa shape index (κ2) is 6.76. The Morgan fingerprint density at radius 1 is 0.759 bits per heavy atom. The standard InChI is InChI=1S/C23H16N4O2/c28-22-15-8-2-1-7-14(15)17(23(29)27-22)13-24-18-10-4-3-9-16(18)21-25-19-11-5-6-12-20(19)26-21/h1-13,24H,(H,25,26)(H,27,28,29). The van der Waals surface area contributed by atoms with Crippen LogP contribution in [0.5, 0.6) is 0 Å². The van der Waals surface area contributed by atoms with Crippen molar-refractivity contribution in [1.82, 2.24) is 15.3 Å². The van der Waals surface area contributed by atoms with Crippen molar-refractivity contribution in [2.75, 3.05) is 5.32 Å². The number of hydrogen-bond acceptors (Lipinski definition) is 4. The van der Waals surface area contributed by atoms with Gasteiger partial charge in [-0.15, -0.1) is 0 Å². The van der Waals surface area contributed by atoms with E-state index >= 15 is 0 Å². The van der Waals surface area contributed by atoms with Gasteiger partial charge in [-0.3, -0.25) is 14.9 Å². The predicted molar refractivity (Wildman–Crippen MR) is 112 cm³/mol. The lowest BCUT2D eigenvalue weighted by molar-refractivity contribution is -0.114. The van der Waals surface area contributed by atoms with Crippen LogP contribution in [0, 0.1) is 0 Å². The van der Waals surface area contributed by atoms with Crippen LogP contribution in [0.1, 0.15) is 15.9 Å². The van der Waals surface area contributed by atoms with Gasteiger partial charge in [-0.1, -0.05) is 42.5 Å². The van der Waals surface area contributed by atoms with E-state index in [0.717, 1.165) is 28.1 Å². The Kier molecular flexibility index (Phi) is 3.95. The number of para-hydroxylation sites is 3. The number of benzene rings is 3. The normalized spacial score (nSPS) is 14.7. The Labute approximate surface area is 166 Å². The van der Waals surface area contributed by atoms with Crippen LogP contribution in [0.3, 0.4) is 0 Å². The summed E-state index contributed by atoms with van der Waals surface area (Å²) in [6, 6.07) is 22.6. The number of aromatic nitrogens is 2. The van der Waals surface area contributed by atoms with Crippen molar-refractivity contribution in [2.45, 2.75) is 0 Å². The highest BCUT2D eigenvalue weighted by Crippen LogP contribution is 2.29. The number of imide groups is 1. The number of rotatable bonds is 3. The Morgan fingerprint density at radius 2 is 1.45 bits per heavy atom. The van der Waals surface area contributed by atoms with Gasteiger partial charge in [0.25, 0.3) is 11.8 Å². The number of nitrogens with zero attached hydrogens (tertiary/aromatic N) is 1. The summed E-state index contributed by atoms with van der Waals surface area (Å²) in [7, 11) is 0. The molecule has 0 aliphatic carbocycles. The molecular formula is C23H16N4O2. The molecule has 0 unspecified atom stereocenters. The molecule has 2 heterocycles. The molecule has 0 atom stereocenters. The summed E-state index contributed by atoms with van der Waals surface area (Å²) in [5.41, 5.74) is 4.99. The van der Waals surface area contributed by atoms with Gasteiger partial charge in [0.05, 0.1) is 16.6 Å².